The van der Waals surface area contributed by atoms with Crippen molar-refractivity contribution in [1.29, 1.82) is 0 Å². The Morgan fingerprint density at radius 1 is 1.23 bits per heavy atom. The van der Waals surface area contributed by atoms with E-state index in [1.165, 1.54) is 0 Å². The molecule has 0 N–H and O–H groups in total. The Hall–Kier alpha value is -2.67. The molecule has 1 aliphatic rings. The first kappa shape index (κ1) is 15.6. The van der Waals surface area contributed by atoms with Gasteiger partial charge in [-0.05, 0) is 25.0 Å². The highest BCUT2D eigenvalue weighted by Gasteiger charge is 2.27. The summed E-state index contributed by atoms with van der Waals surface area (Å²) in [5.41, 5.74) is 4.71. The van der Waals surface area contributed by atoms with Crippen LogP contribution in [0, 0.1) is 0 Å². The number of rotatable bonds is 4. The summed E-state index contributed by atoms with van der Waals surface area (Å²) >= 11 is 1.63. The zero-order valence-electron chi connectivity index (χ0n) is 14.3. The van der Waals surface area contributed by atoms with Crippen LogP contribution in [0.25, 0.3) is 11.1 Å². The van der Waals surface area contributed by atoms with Crippen LogP contribution >= 0.6 is 11.3 Å². The maximum absolute atomic E-state index is 5.97. The quantitative estimate of drug-likeness (QED) is 0.549. The highest BCUT2D eigenvalue weighted by molar-refractivity contribution is 7.07. The van der Waals surface area contributed by atoms with Gasteiger partial charge in [-0.2, -0.15) is 4.98 Å². The molecule has 4 aromatic rings. The standard InChI is InChI=1S/C19H19N5OS/c1-2-6-17-16(5-1)22-19(25-17)24-8-3-4-14(10-24)18-20-7-9-23(18)11-15-12-26-13-21-15/h1-2,5-7,9,12-14H,3-4,8,10-11H2. The molecule has 5 rings (SSSR count). The third kappa shape index (κ3) is 2.88. The number of para-hydroxylation sites is 2. The van der Waals surface area contributed by atoms with Gasteiger partial charge in [-0.1, -0.05) is 12.1 Å². The number of hydrogen-bond donors (Lipinski definition) is 0. The zero-order chi connectivity index (χ0) is 17.3. The Balaban J connectivity index is 1.38. The van der Waals surface area contributed by atoms with Crippen LogP contribution in [-0.4, -0.2) is 32.6 Å². The first-order valence-electron chi connectivity index (χ1n) is 8.85. The van der Waals surface area contributed by atoms with Gasteiger partial charge >= 0.3 is 0 Å². The molecule has 1 aromatic carbocycles. The Morgan fingerprint density at radius 3 is 3.08 bits per heavy atom. The van der Waals surface area contributed by atoms with Crippen molar-refractivity contribution in [3.8, 4) is 0 Å². The molecular weight excluding hydrogens is 346 g/mol. The predicted octanol–water partition coefficient (Wildman–Crippen LogP) is 3.91. The SMILES string of the molecule is c1ccc2oc(N3CCCC(c4nccn4Cc4cscn4)C3)nc2c1. The molecule has 6 nitrogen and oxygen atoms in total. The van der Waals surface area contributed by atoms with Crippen LogP contribution < -0.4 is 4.90 Å². The van der Waals surface area contributed by atoms with E-state index in [1.54, 1.807) is 11.3 Å². The number of aromatic nitrogens is 4. The van der Waals surface area contributed by atoms with Crippen LogP contribution in [0.1, 0.15) is 30.3 Å². The summed E-state index contributed by atoms with van der Waals surface area (Å²) in [6.45, 7) is 2.62. The molecule has 1 unspecified atom stereocenters. The van der Waals surface area contributed by atoms with Gasteiger partial charge in [0.05, 0.1) is 17.7 Å². The van der Waals surface area contributed by atoms with E-state index in [4.69, 9.17) is 4.42 Å². The van der Waals surface area contributed by atoms with Crippen LogP contribution in [-0.2, 0) is 6.54 Å². The van der Waals surface area contributed by atoms with Gasteiger partial charge in [0, 0.05) is 36.8 Å². The van der Waals surface area contributed by atoms with Gasteiger partial charge in [0.25, 0.3) is 6.01 Å². The largest absolute Gasteiger partial charge is 0.423 e. The number of benzene rings is 1. The van der Waals surface area contributed by atoms with Crippen LogP contribution in [0.3, 0.4) is 0 Å². The lowest BCUT2D eigenvalue weighted by Gasteiger charge is -2.31. The van der Waals surface area contributed by atoms with E-state index < -0.39 is 0 Å². The summed E-state index contributed by atoms with van der Waals surface area (Å²) in [6.07, 6.45) is 6.17. The molecule has 132 valence electrons. The van der Waals surface area contributed by atoms with E-state index in [1.807, 2.05) is 42.2 Å². The van der Waals surface area contributed by atoms with E-state index >= 15 is 0 Å². The topological polar surface area (TPSA) is 60.0 Å². The Morgan fingerprint density at radius 2 is 2.19 bits per heavy atom. The molecule has 26 heavy (non-hydrogen) atoms. The molecule has 1 fully saturated rings. The molecule has 4 heterocycles. The van der Waals surface area contributed by atoms with Gasteiger partial charge in [0.15, 0.2) is 5.58 Å². The van der Waals surface area contributed by atoms with Crippen LogP contribution in [0.15, 0.2) is 52.0 Å². The average Bonchev–Trinajstić information content (AvgIpc) is 3.42. The second-order valence-electron chi connectivity index (χ2n) is 6.64. The summed E-state index contributed by atoms with van der Waals surface area (Å²) in [7, 11) is 0. The van der Waals surface area contributed by atoms with Gasteiger partial charge in [0.1, 0.15) is 11.3 Å². The maximum atomic E-state index is 5.97. The Kier molecular flexibility index (Phi) is 3.93. The monoisotopic (exact) mass is 365 g/mol. The molecule has 0 radical (unpaired) electrons. The highest BCUT2D eigenvalue weighted by atomic mass is 32.1. The van der Waals surface area contributed by atoms with E-state index in [-0.39, 0.29) is 0 Å². The molecule has 0 aliphatic carbocycles. The summed E-state index contributed by atoms with van der Waals surface area (Å²) in [6, 6.07) is 8.64. The lowest BCUT2D eigenvalue weighted by Crippen LogP contribution is -2.35. The lowest BCUT2D eigenvalue weighted by atomic mass is 9.97. The van der Waals surface area contributed by atoms with Gasteiger partial charge in [-0.15, -0.1) is 11.3 Å². The minimum Gasteiger partial charge on any atom is -0.423 e. The molecule has 1 atom stereocenters. The minimum absolute atomic E-state index is 0.368. The Labute approximate surface area is 155 Å². The molecule has 1 saturated heterocycles. The molecule has 0 spiro atoms. The Bertz CT molecular complexity index is 973. The fourth-order valence-corrected chi connectivity index (χ4v) is 4.21. The normalized spacial score (nSPS) is 17.8. The fourth-order valence-electron chi connectivity index (χ4n) is 3.66. The van der Waals surface area contributed by atoms with Crippen molar-refractivity contribution in [1.82, 2.24) is 19.5 Å². The van der Waals surface area contributed by atoms with Crippen molar-refractivity contribution < 1.29 is 4.42 Å². The van der Waals surface area contributed by atoms with Crippen molar-refractivity contribution in [2.75, 3.05) is 18.0 Å². The smallest absolute Gasteiger partial charge is 0.298 e. The molecule has 7 heteroatoms. The summed E-state index contributed by atoms with van der Waals surface area (Å²) in [5, 5.41) is 2.09. The fraction of sp³-hybridized carbons (Fsp3) is 0.316. The summed E-state index contributed by atoms with van der Waals surface area (Å²) in [5.74, 6) is 1.49. The number of fused-ring (bicyclic) bond motifs is 1. The summed E-state index contributed by atoms with van der Waals surface area (Å²) in [4.78, 5) is 16.0. The molecular formula is C19H19N5OS. The first-order valence-corrected chi connectivity index (χ1v) is 9.80. The van der Waals surface area contributed by atoms with Gasteiger partial charge in [0.2, 0.25) is 0 Å². The lowest BCUT2D eigenvalue weighted by molar-refractivity contribution is 0.447. The molecule has 3 aromatic heterocycles. The molecule has 0 saturated carbocycles. The number of anilines is 1. The van der Waals surface area contributed by atoms with Gasteiger partial charge in [-0.3, -0.25) is 0 Å². The minimum atomic E-state index is 0.368. The number of imidazole rings is 1. The van der Waals surface area contributed by atoms with E-state index in [9.17, 15) is 0 Å². The van der Waals surface area contributed by atoms with Crippen molar-refractivity contribution in [2.24, 2.45) is 0 Å². The van der Waals surface area contributed by atoms with Crippen molar-refractivity contribution >= 4 is 28.5 Å². The van der Waals surface area contributed by atoms with Crippen LogP contribution in [0.5, 0.6) is 0 Å². The number of nitrogens with zero attached hydrogens (tertiary/aromatic N) is 5. The predicted molar refractivity (Wildman–Crippen MR) is 102 cm³/mol. The van der Waals surface area contributed by atoms with E-state index in [0.29, 0.717) is 11.9 Å². The number of hydrogen-bond acceptors (Lipinski definition) is 6. The third-order valence-electron chi connectivity index (χ3n) is 4.90. The number of oxazole rings is 1. The number of piperidine rings is 1. The molecule has 0 bridgehead atoms. The first-order chi connectivity index (χ1) is 12.9. The molecule has 1 aliphatic heterocycles. The molecule has 0 amide bonds. The third-order valence-corrected chi connectivity index (χ3v) is 5.54. The van der Waals surface area contributed by atoms with Crippen molar-refractivity contribution in [3.05, 3.63) is 59.1 Å². The van der Waals surface area contributed by atoms with E-state index in [0.717, 1.165) is 55.1 Å². The van der Waals surface area contributed by atoms with Crippen LogP contribution in [0.4, 0.5) is 6.01 Å². The van der Waals surface area contributed by atoms with Crippen molar-refractivity contribution in [2.45, 2.75) is 25.3 Å². The summed E-state index contributed by atoms with van der Waals surface area (Å²) < 4.78 is 8.19. The van der Waals surface area contributed by atoms with Crippen LogP contribution in [0.2, 0.25) is 0 Å². The van der Waals surface area contributed by atoms with Crippen molar-refractivity contribution in [3.63, 3.8) is 0 Å². The highest BCUT2D eigenvalue weighted by Crippen LogP contribution is 2.30. The van der Waals surface area contributed by atoms with E-state index in [2.05, 4.69) is 29.8 Å². The zero-order valence-corrected chi connectivity index (χ0v) is 15.1. The second-order valence-corrected chi connectivity index (χ2v) is 7.36. The van der Waals surface area contributed by atoms with Gasteiger partial charge < -0.3 is 13.9 Å². The average molecular weight is 365 g/mol. The second kappa shape index (κ2) is 6.57. The number of thiazole rings is 1. The van der Waals surface area contributed by atoms with Gasteiger partial charge in [-0.25, -0.2) is 9.97 Å². The maximum Gasteiger partial charge on any atom is 0.298 e.